The van der Waals surface area contributed by atoms with Crippen LogP contribution in [0.5, 0.6) is 0 Å². The first-order valence-corrected chi connectivity index (χ1v) is 6.59. The number of benzene rings is 1. The van der Waals surface area contributed by atoms with Crippen molar-refractivity contribution < 1.29 is 13.3 Å². The Morgan fingerprint density at radius 3 is 2.53 bits per heavy atom. The molecule has 0 aromatic heterocycles. The van der Waals surface area contributed by atoms with Crippen molar-refractivity contribution in [2.24, 2.45) is 0 Å². The van der Waals surface area contributed by atoms with Crippen molar-refractivity contribution in [3.63, 3.8) is 0 Å². The Hall–Kier alpha value is -1.31. The van der Waals surface area contributed by atoms with E-state index in [-0.39, 0.29) is 10.6 Å². The number of nitrogens with two attached hydrogens (primary N) is 1. The molecule has 0 atom stereocenters. The molecule has 0 heterocycles. The molecule has 7 heteroatoms. The summed E-state index contributed by atoms with van der Waals surface area (Å²) in [6.45, 7) is 2.55. The van der Waals surface area contributed by atoms with Crippen molar-refractivity contribution >= 4 is 21.4 Å². The quantitative estimate of drug-likeness (QED) is 0.596. The SMILES string of the molecule is CCN(OC)c1ccc(S(=O)(=O)NC)c(N)c1. The molecule has 0 spiro atoms. The summed E-state index contributed by atoms with van der Waals surface area (Å²) in [6, 6.07) is 4.67. The summed E-state index contributed by atoms with van der Waals surface area (Å²) < 4.78 is 25.4. The molecule has 1 aromatic rings. The van der Waals surface area contributed by atoms with Gasteiger partial charge < -0.3 is 5.73 Å². The molecule has 0 saturated heterocycles. The molecule has 0 aliphatic rings. The third kappa shape index (κ3) is 2.87. The molecular formula is C10H17N3O3S. The van der Waals surface area contributed by atoms with E-state index < -0.39 is 10.0 Å². The third-order valence-electron chi connectivity index (χ3n) is 2.35. The van der Waals surface area contributed by atoms with Gasteiger partial charge in [0.15, 0.2) is 0 Å². The molecule has 1 rings (SSSR count). The zero-order chi connectivity index (χ0) is 13.1. The first-order valence-electron chi connectivity index (χ1n) is 5.11. The molecule has 0 radical (unpaired) electrons. The van der Waals surface area contributed by atoms with Crippen LogP contribution in [0.25, 0.3) is 0 Å². The van der Waals surface area contributed by atoms with Crippen LogP contribution in [-0.2, 0) is 14.9 Å². The van der Waals surface area contributed by atoms with Gasteiger partial charge in [-0.05, 0) is 32.2 Å². The Balaban J connectivity index is 3.19. The number of rotatable bonds is 5. The van der Waals surface area contributed by atoms with E-state index in [0.717, 1.165) is 0 Å². The Morgan fingerprint density at radius 1 is 1.47 bits per heavy atom. The zero-order valence-corrected chi connectivity index (χ0v) is 10.9. The molecule has 0 aliphatic carbocycles. The van der Waals surface area contributed by atoms with Crippen molar-refractivity contribution in [1.29, 1.82) is 0 Å². The van der Waals surface area contributed by atoms with Gasteiger partial charge in [0, 0.05) is 6.54 Å². The number of sulfonamides is 1. The van der Waals surface area contributed by atoms with Gasteiger partial charge in [-0.3, -0.25) is 9.90 Å². The third-order valence-corrected chi connectivity index (χ3v) is 3.84. The minimum Gasteiger partial charge on any atom is -0.398 e. The standard InChI is InChI=1S/C10H17N3O3S/c1-4-13(16-3)8-5-6-10(9(11)7-8)17(14,15)12-2/h5-7,12H,4,11H2,1-3H3. The fourth-order valence-corrected chi connectivity index (χ4v) is 2.30. The van der Waals surface area contributed by atoms with Crippen molar-refractivity contribution in [1.82, 2.24) is 4.72 Å². The van der Waals surface area contributed by atoms with Crippen LogP contribution in [0, 0.1) is 0 Å². The molecule has 6 nitrogen and oxygen atoms in total. The van der Waals surface area contributed by atoms with Crippen LogP contribution in [0.15, 0.2) is 23.1 Å². The lowest BCUT2D eigenvalue weighted by Crippen LogP contribution is -2.22. The van der Waals surface area contributed by atoms with Gasteiger partial charge in [0.25, 0.3) is 0 Å². The number of hydrogen-bond acceptors (Lipinski definition) is 5. The Bertz CT molecular complexity index is 484. The summed E-state index contributed by atoms with van der Waals surface area (Å²) in [5.74, 6) is 0. The van der Waals surface area contributed by atoms with Gasteiger partial charge in [-0.2, -0.15) is 0 Å². The van der Waals surface area contributed by atoms with Gasteiger partial charge in [-0.15, -0.1) is 0 Å². The van der Waals surface area contributed by atoms with Crippen molar-refractivity contribution in [3.8, 4) is 0 Å². The minimum absolute atomic E-state index is 0.0657. The average Bonchev–Trinajstić information content (AvgIpc) is 2.30. The fraction of sp³-hybridized carbons (Fsp3) is 0.400. The molecule has 0 fully saturated rings. The average molecular weight is 259 g/mol. The largest absolute Gasteiger partial charge is 0.398 e. The molecule has 0 saturated carbocycles. The second kappa shape index (κ2) is 5.35. The van der Waals surface area contributed by atoms with Crippen molar-refractivity contribution in [3.05, 3.63) is 18.2 Å². The topological polar surface area (TPSA) is 84.7 Å². The molecule has 0 unspecified atom stereocenters. The summed E-state index contributed by atoms with van der Waals surface area (Å²) >= 11 is 0. The lowest BCUT2D eigenvalue weighted by molar-refractivity contribution is 0.171. The highest BCUT2D eigenvalue weighted by Gasteiger charge is 2.16. The monoisotopic (exact) mass is 259 g/mol. The smallest absolute Gasteiger partial charge is 0.242 e. The van der Waals surface area contributed by atoms with E-state index in [2.05, 4.69) is 4.72 Å². The van der Waals surface area contributed by atoms with Crippen LogP contribution in [0.1, 0.15) is 6.92 Å². The second-order valence-corrected chi connectivity index (χ2v) is 5.16. The number of nitrogens with zero attached hydrogens (tertiary/aromatic N) is 1. The van der Waals surface area contributed by atoms with Crippen LogP contribution in [0.3, 0.4) is 0 Å². The Labute approximate surface area is 101 Å². The van der Waals surface area contributed by atoms with E-state index >= 15 is 0 Å². The van der Waals surface area contributed by atoms with E-state index in [1.54, 1.807) is 17.2 Å². The Kier molecular flexibility index (Phi) is 4.33. The van der Waals surface area contributed by atoms with Crippen molar-refractivity contribution in [2.45, 2.75) is 11.8 Å². The first-order chi connectivity index (χ1) is 7.96. The highest BCUT2D eigenvalue weighted by Crippen LogP contribution is 2.24. The highest BCUT2D eigenvalue weighted by molar-refractivity contribution is 7.89. The fourth-order valence-electron chi connectivity index (χ4n) is 1.46. The summed E-state index contributed by atoms with van der Waals surface area (Å²) in [5.41, 5.74) is 6.63. The predicted octanol–water partition coefficient (Wildman–Crippen LogP) is 0.565. The molecule has 3 N–H and O–H groups in total. The maximum Gasteiger partial charge on any atom is 0.242 e. The number of hydrogen-bond donors (Lipinski definition) is 2. The van der Waals surface area contributed by atoms with Gasteiger partial charge >= 0.3 is 0 Å². The summed E-state index contributed by atoms with van der Waals surface area (Å²) in [6.07, 6.45) is 0. The zero-order valence-electron chi connectivity index (χ0n) is 10.1. The number of hydroxylamine groups is 1. The molecule has 17 heavy (non-hydrogen) atoms. The molecule has 0 amide bonds. The van der Waals surface area contributed by atoms with Gasteiger partial charge in [-0.1, -0.05) is 0 Å². The first kappa shape index (κ1) is 13.8. The van der Waals surface area contributed by atoms with Gasteiger partial charge in [0.2, 0.25) is 10.0 Å². The molecule has 0 bridgehead atoms. The minimum atomic E-state index is -3.52. The normalized spacial score (nSPS) is 11.5. The molecule has 1 aromatic carbocycles. The lowest BCUT2D eigenvalue weighted by atomic mass is 10.3. The maximum absolute atomic E-state index is 11.6. The van der Waals surface area contributed by atoms with E-state index in [1.165, 1.54) is 20.2 Å². The predicted molar refractivity (Wildman–Crippen MR) is 67.1 cm³/mol. The number of nitrogens with one attached hydrogen (secondary N) is 1. The van der Waals surface area contributed by atoms with Crippen LogP contribution < -0.4 is 15.5 Å². The van der Waals surface area contributed by atoms with Crippen LogP contribution in [0.2, 0.25) is 0 Å². The summed E-state index contributed by atoms with van der Waals surface area (Å²) in [5, 5.41) is 1.60. The number of nitrogen functional groups attached to an aromatic ring is 1. The van der Waals surface area contributed by atoms with E-state index in [9.17, 15) is 8.42 Å². The summed E-state index contributed by atoms with van der Waals surface area (Å²) in [4.78, 5) is 5.17. The number of anilines is 2. The van der Waals surface area contributed by atoms with Crippen LogP contribution in [-0.4, -0.2) is 29.1 Å². The van der Waals surface area contributed by atoms with E-state index in [1.807, 2.05) is 6.92 Å². The molecular weight excluding hydrogens is 242 g/mol. The molecule has 96 valence electrons. The Morgan fingerprint density at radius 2 is 2.12 bits per heavy atom. The van der Waals surface area contributed by atoms with Gasteiger partial charge in [0.05, 0.1) is 18.5 Å². The van der Waals surface area contributed by atoms with Crippen LogP contribution >= 0.6 is 0 Å². The van der Waals surface area contributed by atoms with E-state index in [4.69, 9.17) is 10.6 Å². The highest BCUT2D eigenvalue weighted by atomic mass is 32.2. The lowest BCUT2D eigenvalue weighted by Gasteiger charge is -2.20. The van der Waals surface area contributed by atoms with Gasteiger partial charge in [0.1, 0.15) is 4.90 Å². The van der Waals surface area contributed by atoms with Gasteiger partial charge in [-0.25, -0.2) is 13.1 Å². The second-order valence-electron chi connectivity index (χ2n) is 3.31. The van der Waals surface area contributed by atoms with Crippen LogP contribution in [0.4, 0.5) is 11.4 Å². The summed E-state index contributed by atoms with van der Waals surface area (Å²) in [7, 11) is -0.636. The van der Waals surface area contributed by atoms with E-state index in [0.29, 0.717) is 12.2 Å². The maximum atomic E-state index is 11.6. The van der Waals surface area contributed by atoms with Crippen molar-refractivity contribution in [2.75, 3.05) is 31.5 Å². The molecule has 0 aliphatic heterocycles.